The molecule has 0 unspecified atom stereocenters. The lowest BCUT2D eigenvalue weighted by atomic mass is 10.2. The van der Waals surface area contributed by atoms with Gasteiger partial charge in [-0.25, -0.2) is 13.1 Å². The minimum Gasteiger partial charge on any atom is -0.215 e. The maximum absolute atomic E-state index is 10.5. The molecular formula is C6H13NO2S. The zero-order valence-electron chi connectivity index (χ0n) is 6.35. The first-order valence-corrected chi connectivity index (χ1v) is 4.90. The molecular weight excluding hydrogens is 150 g/mol. The molecule has 0 amide bonds. The highest BCUT2D eigenvalue weighted by atomic mass is 32.2. The summed E-state index contributed by atoms with van der Waals surface area (Å²) >= 11 is 0. The topological polar surface area (TPSA) is 46.2 Å². The molecule has 0 bridgehead atoms. The predicted molar refractivity (Wildman–Crippen MR) is 42.3 cm³/mol. The average molecular weight is 163 g/mol. The second-order valence-electron chi connectivity index (χ2n) is 2.37. The summed E-state index contributed by atoms with van der Waals surface area (Å²) < 4.78 is 23.3. The Morgan fingerprint density at radius 1 is 1.60 bits per heavy atom. The van der Waals surface area contributed by atoms with Crippen molar-refractivity contribution in [3.63, 3.8) is 0 Å². The first-order chi connectivity index (χ1) is 4.42. The summed E-state index contributed by atoms with van der Waals surface area (Å²) in [5.74, 6) is 0. The van der Waals surface area contributed by atoms with Crippen LogP contribution in [0.4, 0.5) is 0 Å². The van der Waals surface area contributed by atoms with Gasteiger partial charge in [0.15, 0.2) is 0 Å². The van der Waals surface area contributed by atoms with Gasteiger partial charge in [-0.1, -0.05) is 5.57 Å². The van der Waals surface area contributed by atoms with Gasteiger partial charge >= 0.3 is 0 Å². The monoisotopic (exact) mass is 163 g/mol. The summed E-state index contributed by atoms with van der Waals surface area (Å²) in [6, 6.07) is 0. The van der Waals surface area contributed by atoms with E-state index in [0.29, 0.717) is 13.0 Å². The summed E-state index contributed by atoms with van der Waals surface area (Å²) in [4.78, 5) is 0. The Balaban J connectivity index is 3.49. The van der Waals surface area contributed by atoms with Gasteiger partial charge in [-0.15, -0.1) is 6.58 Å². The smallest absolute Gasteiger partial charge is 0.208 e. The summed E-state index contributed by atoms with van der Waals surface area (Å²) in [5, 5.41) is 0. The standard InChI is InChI=1S/C6H13NO2S/c1-6(2)4-5-7-10(3,8)9/h7H,1,4-5H2,2-3H3. The summed E-state index contributed by atoms with van der Waals surface area (Å²) in [7, 11) is -3.01. The number of rotatable bonds is 4. The van der Waals surface area contributed by atoms with E-state index >= 15 is 0 Å². The van der Waals surface area contributed by atoms with Crippen LogP contribution in [-0.2, 0) is 10.0 Å². The molecule has 0 saturated carbocycles. The van der Waals surface area contributed by atoms with Crippen molar-refractivity contribution in [1.82, 2.24) is 4.72 Å². The van der Waals surface area contributed by atoms with Gasteiger partial charge < -0.3 is 0 Å². The second kappa shape index (κ2) is 3.73. The molecule has 0 aromatic heterocycles. The van der Waals surface area contributed by atoms with Gasteiger partial charge in [0.25, 0.3) is 0 Å². The van der Waals surface area contributed by atoms with Crippen molar-refractivity contribution >= 4 is 10.0 Å². The summed E-state index contributed by atoms with van der Waals surface area (Å²) in [6.07, 6.45) is 1.85. The summed E-state index contributed by atoms with van der Waals surface area (Å²) in [6.45, 7) is 5.96. The van der Waals surface area contributed by atoms with Crippen LogP contribution in [0.1, 0.15) is 13.3 Å². The molecule has 60 valence electrons. The number of nitrogens with one attached hydrogen (secondary N) is 1. The van der Waals surface area contributed by atoms with E-state index < -0.39 is 10.0 Å². The van der Waals surface area contributed by atoms with Gasteiger partial charge in [-0.3, -0.25) is 0 Å². The van der Waals surface area contributed by atoms with Crippen molar-refractivity contribution in [2.24, 2.45) is 0 Å². The fourth-order valence-electron chi connectivity index (χ4n) is 0.450. The van der Waals surface area contributed by atoms with Crippen LogP contribution in [0.25, 0.3) is 0 Å². The van der Waals surface area contributed by atoms with Gasteiger partial charge in [-0.05, 0) is 13.3 Å². The highest BCUT2D eigenvalue weighted by molar-refractivity contribution is 7.88. The van der Waals surface area contributed by atoms with E-state index in [2.05, 4.69) is 11.3 Å². The van der Waals surface area contributed by atoms with Gasteiger partial charge in [0.1, 0.15) is 0 Å². The lowest BCUT2D eigenvalue weighted by Crippen LogP contribution is -2.22. The normalized spacial score (nSPS) is 11.4. The molecule has 0 aliphatic carbocycles. The Kier molecular flexibility index (Phi) is 3.60. The van der Waals surface area contributed by atoms with E-state index in [9.17, 15) is 8.42 Å². The van der Waals surface area contributed by atoms with Crippen molar-refractivity contribution in [2.75, 3.05) is 12.8 Å². The molecule has 0 atom stereocenters. The molecule has 0 aromatic carbocycles. The molecule has 0 radical (unpaired) electrons. The quantitative estimate of drug-likeness (QED) is 0.613. The van der Waals surface area contributed by atoms with Crippen LogP contribution in [0.3, 0.4) is 0 Å². The van der Waals surface area contributed by atoms with Crippen molar-refractivity contribution in [1.29, 1.82) is 0 Å². The molecule has 0 saturated heterocycles. The third-order valence-corrected chi connectivity index (χ3v) is 1.64. The Morgan fingerprint density at radius 2 is 2.10 bits per heavy atom. The van der Waals surface area contributed by atoms with Crippen molar-refractivity contribution < 1.29 is 8.42 Å². The zero-order chi connectivity index (χ0) is 8.20. The molecule has 10 heavy (non-hydrogen) atoms. The van der Waals surface area contributed by atoms with Crippen LogP contribution in [0.5, 0.6) is 0 Å². The molecule has 0 aliphatic rings. The van der Waals surface area contributed by atoms with E-state index in [1.54, 1.807) is 0 Å². The van der Waals surface area contributed by atoms with Crippen LogP contribution in [0.2, 0.25) is 0 Å². The molecule has 0 heterocycles. The maximum Gasteiger partial charge on any atom is 0.208 e. The van der Waals surface area contributed by atoms with E-state index in [-0.39, 0.29) is 0 Å². The number of hydrogen-bond donors (Lipinski definition) is 1. The second-order valence-corrected chi connectivity index (χ2v) is 4.21. The Hall–Kier alpha value is -0.350. The Labute approximate surface area is 62.2 Å². The van der Waals surface area contributed by atoms with Gasteiger partial charge in [0.2, 0.25) is 10.0 Å². The average Bonchev–Trinajstić information content (AvgIpc) is 1.59. The fraction of sp³-hybridized carbons (Fsp3) is 0.667. The van der Waals surface area contributed by atoms with Crippen molar-refractivity contribution in [3.8, 4) is 0 Å². The zero-order valence-corrected chi connectivity index (χ0v) is 7.16. The third-order valence-electron chi connectivity index (χ3n) is 0.916. The van der Waals surface area contributed by atoms with Crippen molar-refractivity contribution in [2.45, 2.75) is 13.3 Å². The minimum atomic E-state index is -3.01. The number of hydrogen-bond acceptors (Lipinski definition) is 2. The van der Waals surface area contributed by atoms with Gasteiger partial charge in [0.05, 0.1) is 6.26 Å². The number of sulfonamides is 1. The third kappa shape index (κ3) is 7.65. The lowest BCUT2D eigenvalue weighted by molar-refractivity contribution is 0.588. The molecule has 4 heteroatoms. The lowest BCUT2D eigenvalue weighted by Gasteiger charge is -1.99. The Bertz CT molecular complexity index is 206. The first kappa shape index (κ1) is 9.65. The molecule has 0 spiro atoms. The molecule has 0 fully saturated rings. The van der Waals surface area contributed by atoms with E-state index in [0.717, 1.165) is 11.8 Å². The SMILES string of the molecule is C=C(C)CCNS(C)(=O)=O. The predicted octanol–water partition coefficient (Wildman–Crippen LogP) is 0.502. The Morgan fingerprint density at radius 3 is 2.40 bits per heavy atom. The van der Waals surface area contributed by atoms with Crippen LogP contribution in [0, 0.1) is 0 Å². The fourth-order valence-corrected chi connectivity index (χ4v) is 0.923. The summed E-state index contributed by atoms with van der Waals surface area (Å²) in [5.41, 5.74) is 0.983. The van der Waals surface area contributed by atoms with E-state index in [1.807, 2.05) is 6.92 Å². The largest absolute Gasteiger partial charge is 0.215 e. The van der Waals surface area contributed by atoms with Crippen LogP contribution < -0.4 is 4.72 Å². The highest BCUT2D eigenvalue weighted by Crippen LogP contribution is 1.92. The molecule has 0 rings (SSSR count). The van der Waals surface area contributed by atoms with Crippen LogP contribution in [-0.4, -0.2) is 21.2 Å². The molecule has 1 N–H and O–H groups in total. The minimum absolute atomic E-state index is 0.453. The van der Waals surface area contributed by atoms with Gasteiger partial charge in [0, 0.05) is 6.54 Å². The van der Waals surface area contributed by atoms with Crippen molar-refractivity contribution in [3.05, 3.63) is 12.2 Å². The first-order valence-electron chi connectivity index (χ1n) is 3.01. The highest BCUT2D eigenvalue weighted by Gasteiger charge is 1.97. The van der Waals surface area contributed by atoms with E-state index in [1.165, 1.54) is 0 Å². The van der Waals surface area contributed by atoms with Crippen LogP contribution in [0.15, 0.2) is 12.2 Å². The van der Waals surface area contributed by atoms with E-state index in [4.69, 9.17) is 0 Å². The molecule has 0 aliphatic heterocycles. The maximum atomic E-state index is 10.5. The molecule has 0 aromatic rings. The molecule has 3 nitrogen and oxygen atoms in total. The van der Waals surface area contributed by atoms with Crippen LogP contribution >= 0.6 is 0 Å². The van der Waals surface area contributed by atoms with Gasteiger partial charge in [-0.2, -0.15) is 0 Å².